The minimum atomic E-state index is -0.917. The first-order chi connectivity index (χ1) is 15.0. The predicted octanol–water partition coefficient (Wildman–Crippen LogP) is 5.89. The Morgan fingerprint density at radius 2 is 1.68 bits per heavy atom. The van der Waals surface area contributed by atoms with Crippen LogP contribution < -0.4 is 0 Å². The molecule has 1 unspecified atom stereocenters. The van der Waals surface area contributed by atoms with Gasteiger partial charge in [-0.3, -0.25) is 4.79 Å². The van der Waals surface area contributed by atoms with Crippen LogP contribution >= 0.6 is 0 Å². The second-order valence-electron chi connectivity index (χ2n) is 7.53. The predicted molar refractivity (Wildman–Crippen MR) is 109 cm³/mol. The van der Waals surface area contributed by atoms with Crippen LogP contribution in [0.5, 0.6) is 0 Å². The number of aromatic nitrogens is 1. The maximum absolute atomic E-state index is 13.6. The summed E-state index contributed by atoms with van der Waals surface area (Å²) < 4.78 is 46.0. The van der Waals surface area contributed by atoms with Gasteiger partial charge in [-0.05, 0) is 72.5 Å². The molecule has 0 spiro atoms. The van der Waals surface area contributed by atoms with Crippen molar-refractivity contribution >= 4 is 17.0 Å². The van der Waals surface area contributed by atoms with Crippen molar-refractivity contribution in [2.24, 2.45) is 0 Å². The summed E-state index contributed by atoms with van der Waals surface area (Å²) >= 11 is 0. The van der Waals surface area contributed by atoms with Crippen molar-refractivity contribution in [2.45, 2.75) is 18.9 Å². The van der Waals surface area contributed by atoms with Gasteiger partial charge in [0.2, 0.25) is 5.89 Å². The van der Waals surface area contributed by atoms with Crippen LogP contribution in [-0.2, 0) is 0 Å². The quantitative estimate of drug-likeness (QED) is 0.414. The molecule has 1 fully saturated rings. The molecule has 0 aliphatic carbocycles. The van der Waals surface area contributed by atoms with Gasteiger partial charge in [0.25, 0.3) is 5.91 Å². The van der Waals surface area contributed by atoms with Crippen LogP contribution in [0.3, 0.4) is 0 Å². The molecule has 1 aliphatic rings. The van der Waals surface area contributed by atoms with E-state index < -0.39 is 17.5 Å². The number of benzene rings is 3. The lowest BCUT2D eigenvalue weighted by Crippen LogP contribution is -2.30. The second-order valence-corrected chi connectivity index (χ2v) is 7.53. The molecule has 4 nitrogen and oxygen atoms in total. The number of rotatable bonds is 3. The minimum Gasteiger partial charge on any atom is -0.438 e. The highest BCUT2D eigenvalue weighted by molar-refractivity contribution is 5.94. The van der Waals surface area contributed by atoms with Crippen molar-refractivity contribution in [3.8, 4) is 11.1 Å². The van der Waals surface area contributed by atoms with Crippen molar-refractivity contribution in [3.05, 3.63) is 89.6 Å². The van der Waals surface area contributed by atoms with Crippen LogP contribution in [-0.4, -0.2) is 22.3 Å². The normalized spacial score (nSPS) is 16.2. The van der Waals surface area contributed by atoms with Crippen LogP contribution in [0.25, 0.3) is 22.2 Å². The molecule has 0 saturated carbocycles. The summed E-state index contributed by atoms with van der Waals surface area (Å²) in [6, 6.07) is 14.1. The topological polar surface area (TPSA) is 46.3 Å². The molecule has 4 aromatic rings. The minimum absolute atomic E-state index is 0.202. The molecule has 5 rings (SSSR count). The fourth-order valence-electron chi connectivity index (χ4n) is 3.97. The Kier molecular flexibility index (Phi) is 4.73. The number of hydrogen-bond donors (Lipinski definition) is 0. The summed E-state index contributed by atoms with van der Waals surface area (Å²) in [6.07, 6.45) is 1.51. The van der Waals surface area contributed by atoms with Gasteiger partial charge in [0, 0.05) is 12.1 Å². The van der Waals surface area contributed by atoms with E-state index in [1.165, 1.54) is 30.3 Å². The molecule has 0 bridgehead atoms. The molecule has 31 heavy (non-hydrogen) atoms. The fourth-order valence-corrected chi connectivity index (χ4v) is 3.97. The molecule has 1 aliphatic heterocycles. The van der Waals surface area contributed by atoms with Gasteiger partial charge in [0.05, 0.1) is 0 Å². The third-order valence-electron chi connectivity index (χ3n) is 5.55. The van der Waals surface area contributed by atoms with Gasteiger partial charge in [-0.15, -0.1) is 0 Å². The van der Waals surface area contributed by atoms with Gasteiger partial charge in [-0.2, -0.15) is 0 Å². The summed E-state index contributed by atoms with van der Waals surface area (Å²) in [6.45, 7) is 0.555. The van der Waals surface area contributed by atoms with E-state index in [1.807, 2.05) is 0 Å². The summed E-state index contributed by atoms with van der Waals surface area (Å²) in [5.41, 5.74) is 2.72. The molecule has 0 radical (unpaired) electrons. The molecular formula is C24H17F3N2O2. The average Bonchev–Trinajstić information content (AvgIpc) is 3.42. The zero-order chi connectivity index (χ0) is 21.5. The number of nitrogens with zero attached hydrogens (tertiary/aromatic N) is 2. The molecule has 2 heterocycles. The molecule has 1 amide bonds. The highest BCUT2D eigenvalue weighted by Crippen LogP contribution is 2.35. The van der Waals surface area contributed by atoms with E-state index in [4.69, 9.17) is 4.42 Å². The largest absolute Gasteiger partial charge is 0.438 e. The Balaban J connectivity index is 1.46. The number of carbonyl (C=O) groups is 1. The molecule has 0 N–H and O–H groups in total. The molecule has 1 saturated heterocycles. The zero-order valence-corrected chi connectivity index (χ0v) is 16.3. The SMILES string of the molecule is O=C(c1ccc(F)cc1)N1CCCC1c1nc2cc(-c3ccc(F)c(F)c3)ccc2o1. The number of amides is 1. The molecule has 1 aromatic heterocycles. The number of halogens is 3. The second kappa shape index (κ2) is 7.58. The zero-order valence-electron chi connectivity index (χ0n) is 16.3. The van der Waals surface area contributed by atoms with Gasteiger partial charge in [0.15, 0.2) is 17.2 Å². The Bertz CT molecular complexity index is 1280. The monoisotopic (exact) mass is 422 g/mol. The van der Waals surface area contributed by atoms with E-state index >= 15 is 0 Å². The fraction of sp³-hybridized carbons (Fsp3) is 0.167. The summed E-state index contributed by atoms with van der Waals surface area (Å²) in [7, 11) is 0. The van der Waals surface area contributed by atoms with Crippen LogP contribution in [0.1, 0.15) is 35.1 Å². The number of likely N-dealkylation sites (tertiary alicyclic amines) is 1. The lowest BCUT2D eigenvalue weighted by molar-refractivity contribution is 0.0717. The molecule has 7 heteroatoms. The highest BCUT2D eigenvalue weighted by Gasteiger charge is 2.34. The molecular weight excluding hydrogens is 405 g/mol. The lowest BCUT2D eigenvalue weighted by Gasteiger charge is -2.22. The van der Waals surface area contributed by atoms with Crippen molar-refractivity contribution in [2.75, 3.05) is 6.54 Å². The van der Waals surface area contributed by atoms with Crippen molar-refractivity contribution < 1.29 is 22.4 Å². The summed E-state index contributed by atoms with van der Waals surface area (Å²) in [5, 5.41) is 0. The Hall–Kier alpha value is -3.61. The van der Waals surface area contributed by atoms with E-state index in [1.54, 1.807) is 23.1 Å². The third-order valence-corrected chi connectivity index (χ3v) is 5.55. The molecule has 156 valence electrons. The van der Waals surface area contributed by atoms with Crippen LogP contribution in [0.15, 0.2) is 65.1 Å². The number of hydrogen-bond acceptors (Lipinski definition) is 3. The first-order valence-electron chi connectivity index (χ1n) is 9.92. The summed E-state index contributed by atoms with van der Waals surface area (Å²) in [4.78, 5) is 19.2. The van der Waals surface area contributed by atoms with Crippen LogP contribution in [0.4, 0.5) is 13.2 Å². The van der Waals surface area contributed by atoms with E-state index in [2.05, 4.69) is 4.98 Å². The highest BCUT2D eigenvalue weighted by atomic mass is 19.2. The maximum atomic E-state index is 13.6. The van der Waals surface area contributed by atoms with E-state index in [0.717, 1.165) is 18.6 Å². The van der Waals surface area contributed by atoms with Gasteiger partial charge in [-0.1, -0.05) is 12.1 Å². The van der Waals surface area contributed by atoms with Crippen LogP contribution in [0.2, 0.25) is 0 Å². The van der Waals surface area contributed by atoms with Gasteiger partial charge in [0.1, 0.15) is 17.4 Å². The first-order valence-corrected chi connectivity index (χ1v) is 9.92. The Labute approximate surface area is 175 Å². The first kappa shape index (κ1) is 19.4. The van der Waals surface area contributed by atoms with Gasteiger partial charge in [-0.25, -0.2) is 18.2 Å². The smallest absolute Gasteiger partial charge is 0.254 e. The molecule has 3 aromatic carbocycles. The van der Waals surface area contributed by atoms with Gasteiger partial charge < -0.3 is 9.32 Å². The summed E-state index contributed by atoms with van der Waals surface area (Å²) in [5.74, 6) is -2.00. The number of oxazole rings is 1. The maximum Gasteiger partial charge on any atom is 0.254 e. The van der Waals surface area contributed by atoms with Gasteiger partial charge >= 0.3 is 0 Å². The third kappa shape index (κ3) is 3.56. The number of carbonyl (C=O) groups excluding carboxylic acids is 1. The number of fused-ring (bicyclic) bond motifs is 1. The van der Waals surface area contributed by atoms with Crippen LogP contribution in [0, 0.1) is 17.5 Å². The van der Waals surface area contributed by atoms with E-state index in [9.17, 15) is 18.0 Å². The standard InChI is InChI=1S/C24H17F3N2O2/c25-17-7-3-14(4-8-17)24(30)29-11-1-2-21(29)23-28-20-13-16(6-10-22(20)31-23)15-5-9-18(26)19(27)12-15/h3-10,12-13,21H,1-2,11H2. The molecule has 1 atom stereocenters. The Morgan fingerprint density at radius 1 is 0.935 bits per heavy atom. The van der Waals surface area contributed by atoms with Crippen molar-refractivity contribution in [3.63, 3.8) is 0 Å². The van der Waals surface area contributed by atoms with E-state index in [-0.39, 0.29) is 11.9 Å². The van der Waals surface area contributed by atoms with Crippen molar-refractivity contribution in [1.29, 1.82) is 0 Å². The lowest BCUT2D eigenvalue weighted by atomic mass is 10.1. The Morgan fingerprint density at radius 3 is 2.45 bits per heavy atom. The van der Waals surface area contributed by atoms with Crippen molar-refractivity contribution in [1.82, 2.24) is 9.88 Å². The van der Waals surface area contributed by atoms with E-state index in [0.29, 0.717) is 46.6 Å². The average molecular weight is 422 g/mol.